The van der Waals surface area contributed by atoms with Crippen molar-refractivity contribution >= 4 is 5.78 Å². The molecule has 5 nitrogen and oxygen atoms in total. The van der Waals surface area contributed by atoms with Crippen LogP contribution in [-0.2, 0) is 24.4 Å². The van der Waals surface area contributed by atoms with Crippen molar-refractivity contribution in [3.8, 4) is 23.0 Å². The first kappa shape index (κ1) is 18.3. The number of aromatic nitrogens is 1. The second-order valence-corrected chi connectivity index (χ2v) is 7.18. The zero-order chi connectivity index (χ0) is 20.3. The Labute approximate surface area is 173 Å². The lowest BCUT2D eigenvalue weighted by Crippen LogP contribution is -2.04. The van der Waals surface area contributed by atoms with Crippen molar-refractivity contribution in [1.29, 1.82) is 0 Å². The number of nitrogens with zero attached hydrogens (tertiary/aromatic N) is 1. The van der Waals surface area contributed by atoms with E-state index in [0.717, 1.165) is 22.4 Å². The van der Waals surface area contributed by atoms with Crippen LogP contribution in [0.4, 0.5) is 0 Å². The van der Waals surface area contributed by atoms with Gasteiger partial charge in [0, 0.05) is 12.0 Å². The molecule has 0 bridgehead atoms. The average Bonchev–Trinajstić information content (AvgIpc) is 3.44. The van der Waals surface area contributed by atoms with Crippen LogP contribution in [0.25, 0.3) is 11.5 Å². The largest absolute Gasteiger partial charge is 0.457 e. The first-order valence-corrected chi connectivity index (χ1v) is 9.75. The highest BCUT2D eigenvalue weighted by molar-refractivity contribution is 5.95. The van der Waals surface area contributed by atoms with E-state index in [0.29, 0.717) is 30.5 Å². The predicted molar refractivity (Wildman–Crippen MR) is 111 cm³/mol. The molecule has 30 heavy (non-hydrogen) atoms. The van der Waals surface area contributed by atoms with Crippen molar-refractivity contribution in [2.45, 2.75) is 19.6 Å². The van der Waals surface area contributed by atoms with Crippen LogP contribution < -0.4 is 4.74 Å². The van der Waals surface area contributed by atoms with Gasteiger partial charge in [-0.15, -0.1) is 0 Å². The van der Waals surface area contributed by atoms with Crippen molar-refractivity contribution in [2.24, 2.45) is 0 Å². The van der Waals surface area contributed by atoms with E-state index in [1.54, 1.807) is 0 Å². The Morgan fingerprint density at radius 2 is 1.73 bits per heavy atom. The Morgan fingerprint density at radius 1 is 0.900 bits per heavy atom. The van der Waals surface area contributed by atoms with Gasteiger partial charge in [-0.05, 0) is 47.0 Å². The smallest absolute Gasteiger partial charge is 0.226 e. The highest BCUT2D eigenvalue weighted by atomic mass is 16.5. The molecule has 4 aromatic rings. The molecule has 148 valence electrons. The summed E-state index contributed by atoms with van der Waals surface area (Å²) < 4.78 is 16.9. The third kappa shape index (κ3) is 3.88. The second kappa shape index (κ2) is 7.97. The van der Waals surface area contributed by atoms with E-state index in [2.05, 4.69) is 4.98 Å². The molecule has 0 unspecified atom stereocenters. The third-order valence-electron chi connectivity index (χ3n) is 5.00. The van der Waals surface area contributed by atoms with Crippen LogP contribution in [0.1, 0.15) is 27.2 Å². The number of rotatable bonds is 6. The summed E-state index contributed by atoms with van der Waals surface area (Å²) in [5.74, 6) is 1.72. The summed E-state index contributed by atoms with van der Waals surface area (Å²) in [6.45, 7) is 1.25. The predicted octanol–water partition coefficient (Wildman–Crippen LogP) is 5.59. The molecule has 0 N–H and O–H groups in total. The van der Waals surface area contributed by atoms with Gasteiger partial charge in [0.15, 0.2) is 5.78 Å². The summed E-state index contributed by atoms with van der Waals surface area (Å²) in [6.07, 6.45) is 1.69. The summed E-state index contributed by atoms with van der Waals surface area (Å²) in [6, 6.07) is 23.0. The number of ether oxygens (including phenoxy) is 2. The van der Waals surface area contributed by atoms with Crippen LogP contribution in [0.2, 0.25) is 0 Å². The molecule has 0 saturated heterocycles. The molecular formula is C25H19NO4. The molecule has 0 aliphatic carbocycles. The summed E-state index contributed by atoms with van der Waals surface area (Å²) >= 11 is 0. The minimum Gasteiger partial charge on any atom is -0.457 e. The number of carbonyl (C=O) groups excluding carboxylic acids is 1. The Bertz CT molecular complexity index is 1200. The summed E-state index contributed by atoms with van der Waals surface area (Å²) in [7, 11) is 0. The Kier molecular flexibility index (Phi) is 4.87. The normalized spacial score (nSPS) is 12.5. The minimum absolute atomic E-state index is 0.0828. The fourth-order valence-electron chi connectivity index (χ4n) is 3.46. The molecule has 0 radical (unpaired) electrons. The number of hydrogen-bond acceptors (Lipinski definition) is 5. The van der Waals surface area contributed by atoms with Crippen LogP contribution >= 0.6 is 0 Å². The molecule has 3 aromatic carbocycles. The Morgan fingerprint density at radius 3 is 2.63 bits per heavy atom. The van der Waals surface area contributed by atoms with Gasteiger partial charge >= 0.3 is 0 Å². The molecule has 1 aliphatic rings. The van der Waals surface area contributed by atoms with Crippen LogP contribution in [0.3, 0.4) is 0 Å². The number of hydrogen-bond donors (Lipinski definition) is 0. The van der Waals surface area contributed by atoms with Crippen LogP contribution in [0.15, 0.2) is 83.5 Å². The lowest BCUT2D eigenvalue weighted by Gasteiger charge is -2.06. The van der Waals surface area contributed by atoms with Crippen molar-refractivity contribution in [3.63, 3.8) is 0 Å². The molecule has 1 aliphatic heterocycles. The third-order valence-corrected chi connectivity index (χ3v) is 5.00. The number of carbonyl (C=O) groups is 1. The molecule has 0 saturated carbocycles. The fraction of sp³-hybridized carbons (Fsp3) is 0.120. The van der Waals surface area contributed by atoms with Gasteiger partial charge in [0.2, 0.25) is 5.89 Å². The molecule has 0 fully saturated rings. The topological polar surface area (TPSA) is 61.6 Å². The molecule has 1 aromatic heterocycles. The molecule has 0 atom stereocenters. The van der Waals surface area contributed by atoms with Gasteiger partial charge in [-0.2, -0.15) is 0 Å². The van der Waals surface area contributed by atoms with Gasteiger partial charge in [0.05, 0.1) is 13.2 Å². The monoisotopic (exact) mass is 397 g/mol. The standard InChI is InChI=1S/C25H19NO4/c27-24(12-17-9-10-19-14-28-15-20(19)11-17)23-16-29-25(26-23)18-5-4-8-22(13-18)30-21-6-2-1-3-7-21/h1-11,13,16H,12,14-15H2. The molecule has 0 spiro atoms. The van der Waals surface area contributed by atoms with Crippen LogP contribution in [-0.4, -0.2) is 10.8 Å². The maximum absolute atomic E-state index is 12.7. The summed E-state index contributed by atoms with van der Waals surface area (Å²) in [5.41, 5.74) is 4.35. The van der Waals surface area contributed by atoms with Gasteiger partial charge in [0.1, 0.15) is 23.5 Å². The maximum Gasteiger partial charge on any atom is 0.226 e. The van der Waals surface area contributed by atoms with E-state index >= 15 is 0 Å². The van der Waals surface area contributed by atoms with Gasteiger partial charge in [-0.1, -0.05) is 42.5 Å². The lowest BCUT2D eigenvalue weighted by molar-refractivity contribution is 0.0988. The minimum atomic E-state index is -0.0828. The summed E-state index contributed by atoms with van der Waals surface area (Å²) in [5, 5.41) is 0. The van der Waals surface area contributed by atoms with Gasteiger partial charge < -0.3 is 13.9 Å². The lowest BCUT2D eigenvalue weighted by atomic mass is 10.0. The van der Waals surface area contributed by atoms with Crippen molar-refractivity contribution in [2.75, 3.05) is 0 Å². The Hall–Kier alpha value is -3.70. The average molecular weight is 397 g/mol. The molecule has 0 amide bonds. The number of oxazole rings is 1. The van der Waals surface area contributed by atoms with E-state index in [9.17, 15) is 4.79 Å². The zero-order valence-electron chi connectivity index (χ0n) is 16.2. The van der Waals surface area contributed by atoms with Gasteiger partial charge in [-0.25, -0.2) is 4.98 Å². The van der Waals surface area contributed by atoms with E-state index in [-0.39, 0.29) is 12.2 Å². The molecule has 5 heteroatoms. The molecule has 5 rings (SSSR count). The molecule has 2 heterocycles. The zero-order valence-corrected chi connectivity index (χ0v) is 16.2. The van der Waals surface area contributed by atoms with Crippen molar-refractivity contribution in [1.82, 2.24) is 4.98 Å². The highest BCUT2D eigenvalue weighted by Gasteiger charge is 2.17. The number of benzene rings is 3. The SMILES string of the molecule is O=C(Cc1ccc2c(c1)COC2)c1coc(-c2cccc(Oc3ccccc3)c2)n1. The first-order valence-electron chi connectivity index (χ1n) is 9.75. The quantitative estimate of drug-likeness (QED) is 0.397. The second-order valence-electron chi connectivity index (χ2n) is 7.18. The summed E-state index contributed by atoms with van der Waals surface area (Å²) in [4.78, 5) is 17.1. The van der Waals surface area contributed by atoms with Gasteiger partial charge in [-0.3, -0.25) is 4.79 Å². The Balaban J connectivity index is 1.31. The number of fused-ring (bicyclic) bond motifs is 1. The maximum atomic E-state index is 12.7. The fourth-order valence-corrected chi connectivity index (χ4v) is 3.46. The van der Waals surface area contributed by atoms with E-state index < -0.39 is 0 Å². The van der Waals surface area contributed by atoms with E-state index in [1.807, 2.05) is 72.8 Å². The number of ketones is 1. The van der Waals surface area contributed by atoms with E-state index in [4.69, 9.17) is 13.9 Å². The van der Waals surface area contributed by atoms with Crippen LogP contribution in [0, 0.1) is 0 Å². The number of Topliss-reactive ketones (excluding diaryl/α,β-unsaturated/α-hetero) is 1. The van der Waals surface area contributed by atoms with Crippen molar-refractivity contribution < 1.29 is 18.7 Å². The van der Waals surface area contributed by atoms with Crippen molar-refractivity contribution in [3.05, 3.63) is 101 Å². The first-order chi connectivity index (χ1) is 14.7. The molecular weight excluding hydrogens is 378 g/mol. The van der Waals surface area contributed by atoms with Gasteiger partial charge in [0.25, 0.3) is 0 Å². The number of para-hydroxylation sites is 1. The van der Waals surface area contributed by atoms with E-state index in [1.165, 1.54) is 11.8 Å². The highest BCUT2D eigenvalue weighted by Crippen LogP contribution is 2.27. The van der Waals surface area contributed by atoms with Crippen LogP contribution in [0.5, 0.6) is 11.5 Å².